The number of amides is 2. The molecule has 41 heavy (non-hydrogen) atoms. The zero-order valence-electron chi connectivity index (χ0n) is 22.3. The average Bonchev–Trinajstić information content (AvgIpc) is 3.72. The zero-order chi connectivity index (χ0) is 29.7. The average molecular weight is 633 g/mol. The lowest BCUT2D eigenvalue weighted by Gasteiger charge is -2.33. The van der Waals surface area contributed by atoms with Crippen LogP contribution in [-0.2, 0) is 21.0 Å². The van der Waals surface area contributed by atoms with Gasteiger partial charge in [-0.2, -0.15) is 13.2 Å². The van der Waals surface area contributed by atoms with Gasteiger partial charge in [-0.1, -0.05) is 35.3 Å². The molecule has 0 bridgehead atoms. The monoisotopic (exact) mass is 631 g/mol. The number of carbonyl (C=O) groups is 2. The number of hydrogen-bond acceptors (Lipinski definition) is 4. The number of likely N-dealkylation sites (tertiary alicyclic amines) is 1. The van der Waals surface area contributed by atoms with Crippen LogP contribution in [0.3, 0.4) is 0 Å². The fourth-order valence-corrected chi connectivity index (χ4v) is 8.04. The first-order valence-electron chi connectivity index (χ1n) is 13.4. The normalized spacial score (nSPS) is 22.6. The predicted molar refractivity (Wildman–Crippen MR) is 149 cm³/mol. The van der Waals surface area contributed by atoms with Crippen LogP contribution < -0.4 is 0 Å². The molecular formula is C28H30Cl2F3N3O4S. The van der Waals surface area contributed by atoms with Gasteiger partial charge in [0.05, 0.1) is 21.9 Å². The van der Waals surface area contributed by atoms with Gasteiger partial charge >= 0.3 is 6.18 Å². The Labute approximate surface area is 247 Å². The molecule has 2 unspecified atom stereocenters. The predicted octanol–water partition coefficient (Wildman–Crippen LogP) is 5.28. The van der Waals surface area contributed by atoms with Gasteiger partial charge in [0.15, 0.2) is 0 Å². The van der Waals surface area contributed by atoms with Crippen LogP contribution in [0.15, 0.2) is 42.5 Å². The van der Waals surface area contributed by atoms with Gasteiger partial charge < -0.3 is 9.80 Å². The summed E-state index contributed by atoms with van der Waals surface area (Å²) >= 11 is 11.8. The highest BCUT2D eigenvalue weighted by Gasteiger charge is 2.45. The van der Waals surface area contributed by atoms with Gasteiger partial charge in [0, 0.05) is 55.6 Å². The van der Waals surface area contributed by atoms with Crippen molar-refractivity contribution in [3.05, 3.63) is 69.2 Å². The number of piperidine rings is 1. The number of benzene rings is 2. The molecule has 2 aromatic rings. The highest BCUT2D eigenvalue weighted by atomic mass is 35.5. The molecule has 2 aromatic carbocycles. The first-order valence-corrected chi connectivity index (χ1v) is 15.7. The molecule has 0 radical (unpaired) electrons. The van der Waals surface area contributed by atoms with Gasteiger partial charge in [0.2, 0.25) is 15.9 Å². The van der Waals surface area contributed by atoms with Crippen LogP contribution >= 0.6 is 23.2 Å². The van der Waals surface area contributed by atoms with Gasteiger partial charge in [-0.05, 0) is 61.6 Å². The second kappa shape index (κ2) is 11.4. The van der Waals surface area contributed by atoms with E-state index in [4.69, 9.17) is 23.2 Å². The number of sulfonamides is 1. The van der Waals surface area contributed by atoms with Crippen LogP contribution in [0.1, 0.15) is 53.1 Å². The smallest absolute Gasteiger partial charge is 0.340 e. The molecule has 3 aliphatic rings. The molecule has 222 valence electrons. The van der Waals surface area contributed by atoms with Crippen molar-refractivity contribution in [2.75, 3.05) is 33.2 Å². The van der Waals surface area contributed by atoms with E-state index in [9.17, 15) is 31.2 Å². The molecule has 3 fully saturated rings. The van der Waals surface area contributed by atoms with Gasteiger partial charge in [-0.3, -0.25) is 9.59 Å². The van der Waals surface area contributed by atoms with Crippen molar-refractivity contribution < 1.29 is 31.2 Å². The Hall–Kier alpha value is -2.34. The summed E-state index contributed by atoms with van der Waals surface area (Å²) < 4.78 is 67.1. The molecule has 5 rings (SSSR count). The third-order valence-corrected chi connectivity index (χ3v) is 11.3. The topological polar surface area (TPSA) is 78.0 Å². The maximum Gasteiger partial charge on any atom is 0.417 e. The van der Waals surface area contributed by atoms with Crippen molar-refractivity contribution in [2.24, 2.45) is 5.92 Å². The summed E-state index contributed by atoms with van der Waals surface area (Å²) in [6, 6.07) is 9.61. The van der Waals surface area contributed by atoms with Crippen LogP contribution in [0, 0.1) is 5.92 Å². The molecular weight excluding hydrogens is 602 g/mol. The number of carbonyl (C=O) groups excluding carboxylic acids is 2. The van der Waals surface area contributed by atoms with Crippen molar-refractivity contribution in [1.29, 1.82) is 0 Å². The van der Waals surface area contributed by atoms with Gasteiger partial charge in [-0.15, -0.1) is 0 Å². The maximum absolute atomic E-state index is 13.6. The first kappa shape index (κ1) is 30.1. The Bertz CT molecular complexity index is 1430. The molecule has 2 aliphatic heterocycles. The third-order valence-electron chi connectivity index (χ3n) is 8.34. The van der Waals surface area contributed by atoms with Crippen LogP contribution in [-0.4, -0.2) is 78.9 Å². The van der Waals surface area contributed by atoms with Crippen LogP contribution in [0.2, 0.25) is 10.0 Å². The number of halogens is 5. The van der Waals surface area contributed by atoms with Crippen molar-refractivity contribution in [1.82, 2.24) is 14.1 Å². The summed E-state index contributed by atoms with van der Waals surface area (Å²) in [6.45, 7) is 1.08. The highest BCUT2D eigenvalue weighted by molar-refractivity contribution is 7.90. The number of likely N-dealkylation sites (N-methyl/N-ethyl adjacent to an activating group) is 1. The van der Waals surface area contributed by atoms with E-state index in [1.54, 1.807) is 17.0 Å². The zero-order valence-corrected chi connectivity index (χ0v) is 24.6. The van der Waals surface area contributed by atoms with Crippen LogP contribution in [0.4, 0.5) is 13.2 Å². The van der Waals surface area contributed by atoms with Gasteiger partial charge in [-0.25, -0.2) is 12.7 Å². The molecule has 7 nitrogen and oxygen atoms in total. The van der Waals surface area contributed by atoms with Crippen molar-refractivity contribution in [3.8, 4) is 0 Å². The number of alkyl halides is 3. The van der Waals surface area contributed by atoms with E-state index < -0.39 is 38.7 Å². The first-order chi connectivity index (χ1) is 19.3. The molecule has 0 N–H and O–H groups in total. The van der Waals surface area contributed by atoms with Crippen LogP contribution in [0.5, 0.6) is 0 Å². The molecule has 2 heterocycles. The van der Waals surface area contributed by atoms with E-state index in [2.05, 4.69) is 0 Å². The summed E-state index contributed by atoms with van der Waals surface area (Å²) in [5.74, 6) is -1.39. The van der Waals surface area contributed by atoms with Crippen molar-refractivity contribution in [2.45, 2.75) is 49.1 Å². The van der Waals surface area contributed by atoms with Crippen LogP contribution in [0.25, 0.3) is 0 Å². The SMILES string of the molecule is CN(C(=O)c1ccc(Cl)c(C(F)(F)F)c1)C1CN(C(=O)C2CCN(S(=O)(=O)C3CC3)CC2)CC1c1ccc(Cl)cc1. The molecule has 2 atom stereocenters. The minimum atomic E-state index is -4.72. The fourth-order valence-electron chi connectivity index (χ4n) is 5.82. The van der Waals surface area contributed by atoms with Crippen molar-refractivity contribution in [3.63, 3.8) is 0 Å². The van der Waals surface area contributed by atoms with Crippen molar-refractivity contribution >= 4 is 45.0 Å². The summed E-state index contributed by atoms with van der Waals surface area (Å²) in [5.41, 5.74) is -0.411. The quantitative estimate of drug-likeness (QED) is 0.434. The van der Waals surface area contributed by atoms with Gasteiger partial charge in [0.1, 0.15) is 0 Å². The van der Waals surface area contributed by atoms with E-state index >= 15 is 0 Å². The van der Waals surface area contributed by atoms with E-state index in [1.165, 1.54) is 22.3 Å². The molecule has 13 heteroatoms. The standard InChI is InChI=1S/C28H30Cl2F3N3O4S/c1-34(26(37)19-4-9-24(30)23(14-19)28(31,32)33)25-16-35(15-22(25)17-2-5-20(29)6-3-17)27(38)18-10-12-36(13-11-18)41(39,40)21-7-8-21/h2-6,9,14,18,21-22,25H,7-8,10-13,15-16H2,1H3. The molecule has 2 amide bonds. The lowest BCUT2D eigenvalue weighted by molar-refractivity contribution is -0.137. The Morgan fingerprint density at radius 1 is 0.951 bits per heavy atom. The van der Waals surface area contributed by atoms with E-state index in [0.29, 0.717) is 50.3 Å². The number of rotatable bonds is 6. The fraction of sp³-hybridized carbons (Fsp3) is 0.500. The third kappa shape index (κ3) is 6.23. The maximum atomic E-state index is 13.6. The molecule has 1 aliphatic carbocycles. The molecule has 2 saturated heterocycles. The second-order valence-corrected chi connectivity index (χ2v) is 14.1. The molecule has 0 spiro atoms. The lowest BCUT2D eigenvalue weighted by atomic mass is 9.93. The van der Waals surface area contributed by atoms with E-state index in [-0.39, 0.29) is 35.1 Å². The largest absolute Gasteiger partial charge is 0.417 e. The second-order valence-electron chi connectivity index (χ2n) is 11.0. The summed E-state index contributed by atoms with van der Waals surface area (Å²) in [4.78, 5) is 30.2. The highest BCUT2D eigenvalue weighted by Crippen LogP contribution is 2.38. The number of nitrogens with zero attached hydrogens (tertiary/aromatic N) is 3. The Morgan fingerprint density at radius 3 is 2.17 bits per heavy atom. The minimum Gasteiger partial charge on any atom is -0.340 e. The summed E-state index contributed by atoms with van der Waals surface area (Å²) in [5, 5.41) is -0.270. The van der Waals surface area contributed by atoms with E-state index in [0.717, 1.165) is 17.7 Å². The van der Waals surface area contributed by atoms with E-state index in [1.807, 2.05) is 12.1 Å². The Kier molecular flexibility index (Phi) is 8.37. The summed E-state index contributed by atoms with van der Waals surface area (Å²) in [6.07, 6.45) is -2.53. The molecule has 0 aromatic heterocycles. The lowest BCUT2D eigenvalue weighted by Crippen LogP contribution is -2.46. The summed E-state index contributed by atoms with van der Waals surface area (Å²) in [7, 11) is -1.78. The van der Waals surface area contributed by atoms with Gasteiger partial charge in [0.25, 0.3) is 5.91 Å². The number of hydrogen-bond donors (Lipinski definition) is 0. The Balaban J connectivity index is 1.35. The Morgan fingerprint density at radius 2 is 1.59 bits per heavy atom. The molecule has 1 saturated carbocycles. The minimum absolute atomic E-state index is 0.110.